The molecule has 55 heavy (non-hydrogen) atoms. The molecule has 0 saturated carbocycles. The van der Waals surface area contributed by atoms with Crippen LogP contribution in [0.25, 0.3) is 11.1 Å². The van der Waals surface area contributed by atoms with Crippen molar-refractivity contribution in [3.8, 4) is 28.7 Å². The Bertz CT molecular complexity index is 2050. The van der Waals surface area contributed by atoms with Crippen LogP contribution in [0.15, 0.2) is 67.0 Å². The molecule has 1 aromatic heterocycles. The van der Waals surface area contributed by atoms with Crippen LogP contribution in [-0.2, 0) is 31.0 Å². The molecule has 288 valence electrons. The number of β-amino-alcohol motifs (C(OH)–C–C–N with tert-alkyl or cyclic N) is 1. The second-order valence-electron chi connectivity index (χ2n) is 14.8. The number of carboxylic acid groups (broad SMARTS) is 1. The number of anilines is 1. The van der Waals surface area contributed by atoms with Gasteiger partial charge >= 0.3 is 5.97 Å². The molecule has 0 aliphatic carbocycles. The minimum atomic E-state index is -0.998. The number of hydrogen-bond acceptors (Lipinski definition) is 9. The molecule has 7 rings (SSSR count). The number of piperidine rings is 1. The summed E-state index contributed by atoms with van der Waals surface area (Å²) in [6.07, 6.45) is 5.17. The Morgan fingerprint density at radius 3 is 2.58 bits per heavy atom. The molecular formula is C43H47ClFN5O5. The van der Waals surface area contributed by atoms with Gasteiger partial charge in [0.2, 0.25) is 0 Å². The van der Waals surface area contributed by atoms with Gasteiger partial charge in [0.05, 0.1) is 16.7 Å². The molecule has 3 aliphatic heterocycles. The van der Waals surface area contributed by atoms with Crippen LogP contribution in [0.5, 0.6) is 11.5 Å². The lowest BCUT2D eigenvalue weighted by Crippen LogP contribution is -2.36. The molecule has 0 radical (unpaired) electrons. The Morgan fingerprint density at radius 1 is 1.00 bits per heavy atom. The predicted octanol–water partition coefficient (Wildman–Crippen LogP) is 6.95. The summed E-state index contributed by atoms with van der Waals surface area (Å²) < 4.78 is 26.2. The number of hydrogen-bond donors (Lipinski definition) is 2. The Hall–Kier alpha value is -4.73. The molecule has 0 amide bonds. The summed E-state index contributed by atoms with van der Waals surface area (Å²) in [4.78, 5) is 22.7. The number of likely N-dealkylation sites (tertiary alicyclic amines) is 2. The lowest BCUT2D eigenvalue weighted by atomic mass is 9.92. The van der Waals surface area contributed by atoms with Crippen LogP contribution >= 0.6 is 11.6 Å². The molecule has 4 heterocycles. The molecular weight excluding hydrogens is 721 g/mol. The zero-order valence-electron chi connectivity index (χ0n) is 31.1. The number of fused-ring (bicyclic) bond motifs is 1. The number of alkyl halides is 1. The molecule has 4 aromatic rings. The number of nitrogens with zero attached hydrogens (tertiary/aromatic N) is 5. The van der Waals surface area contributed by atoms with Crippen molar-refractivity contribution < 1.29 is 28.9 Å². The molecule has 0 spiro atoms. The van der Waals surface area contributed by atoms with Crippen molar-refractivity contribution in [2.45, 2.75) is 77.1 Å². The number of benzene rings is 3. The quantitative estimate of drug-likeness (QED) is 0.140. The molecule has 3 aliphatic rings. The topological polar surface area (TPSA) is 122 Å². The van der Waals surface area contributed by atoms with Crippen LogP contribution in [0.3, 0.4) is 0 Å². The van der Waals surface area contributed by atoms with E-state index >= 15 is 0 Å². The number of aromatic nitrogens is 1. The highest BCUT2D eigenvalue weighted by atomic mass is 35.5. The van der Waals surface area contributed by atoms with E-state index in [-0.39, 0.29) is 32.7 Å². The summed E-state index contributed by atoms with van der Waals surface area (Å²) in [6.45, 7) is 7.55. The number of pyridine rings is 1. The summed E-state index contributed by atoms with van der Waals surface area (Å²) in [5.41, 5.74) is 8.91. The molecule has 10 nitrogen and oxygen atoms in total. The normalized spacial score (nSPS) is 19.0. The second kappa shape index (κ2) is 17.4. The first-order valence-corrected chi connectivity index (χ1v) is 19.4. The van der Waals surface area contributed by atoms with Gasteiger partial charge in [0, 0.05) is 81.0 Å². The third kappa shape index (κ3) is 9.05. The SMILES string of the molecule is Cc1c(COc2cc(OCc3cncc(C#N)c3)c(CN3C[C@H](O)C[C@@H]3C(=O)O)cc2Cl)cccc1-c1cccc2c1CCN2CCCN1CCC(F)CC1. The number of carboxylic acids is 1. The number of ether oxygens (including phenoxy) is 2. The second-order valence-corrected chi connectivity index (χ2v) is 15.2. The summed E-state index contributed by atoms with van der Waals surface area (Å²) in [5.74, 6) is -0.135. The van der Waals surface area contributed by atoms with Crippen molar-refractivity contribution in [2.75, 3.05) is 44.2 Å². The van der Waals surface area contributed by atoms with Crippen LogP contribution in [-0.4, -0.2) is 88.6 Å². The summed E-state index contributed by atoms with van der Waals surface area (Å²) in [6, 6.07) is 19.2. The van der Waals surface area contributed by atoms with Crippen molar-refractivity contribution in [2.24, 2.45) is 0 Å². The zero-order valence-corrected chi connectivity index (χ0v) is 31.8. The fraction of sp³-hybridized carbons (Fsp3) is 0.419. The average molecular weight is 768 g/mol. The van der Waals surface area contributed by atoms with Crippen LogP contribution in [0.4, 0.5) is 10.1 Å². The van der Waals surface area contributed by atoms with Gasteiger partial charge < -0.3 is 29.5 Å². The summed E-state index contributed by atoms with van der Waals surface area (Å²) in [5, 5.41) is 29.8. The maximum absolute atomic E-state index is 13.6. The smallest absolute Gasteiger partial charge is 0.321 e. The third-order valence-corrected chi connectivity index (χ3v) is 11.4. The highest BCUT2D eigenvalue weighted by Crippen LogP contribution is 2.39. The molecule has 2 N–H and O–H groups in total. The van der Waals surface area contributed by atoms with E-state index in [0.717, 1.165) is 62.3 Å². The molecule has 0 bridgehead atoms. The van der Waals surface area contributed by atoms with Gasteiger partial charge in [-0.15, -0.1) is 0 Å². The standard InChI is InChI=1S/C43H47ClFN5O5/c1-28-31(5-2-6-35(28)36-7-3-8-39-37(36)11-16-49(39)13-4-12-48-14-9-33(45)10-15-48)27-55-42-20-41(54-26-30-17-29(21-46)22-47-23-30)32(18-38(42)44)24-50-25-34(51)19-40(50)43(52)53/h2-3,5-8,17-18,20,22-23,33-34,40,51H,4,9-16,19,24-27H2,1H3,(H,52,53)/t34-,40-/m1/s1. The van der Waals surface area contributed by atoms with Gasteiger partial charge in [-0.25, -0.2) is 4.39 Å². The number of nitriles is 1. The monoisotopic (exact) mass is 767 g/mol. The number of aliphatic hydroxyl groups excluding tert-OH is 1. The van der Waals surface area contributed by atoms with Crippen LogP contribution in [0.1, 0.15) is 59.1 Å². The van der Waals surface area contributed by atoms with E-state index in [1.807, 2.05) is 0 Å². The van der Waals surface area contributed by atoms with E-state index < -0.39 is 24.3 Å². The number of carbonyl (C=O) groups is 1. The minimum absolute atomic E-state index is 0.112. The molecule has 2 fully saturated rings. The predicted molar refractivity (Wildman–Crippen MR) is 209 cm³/mol. The van der Waals surface area contributed by atoms with Gasteiger partial charge in [0.1, 0.15) is 43.0 Å². The first-order valence-electron chi connectivity index (χ1n) is 19.1. The first-order chi connectivity index (χ1) is 26.7. The van der Waals surface area contributed by atoms with E-state index in [2.05, 4.69) is 64.2 Å². The fourth-order valence-corrected chi connectivity index (χ4v) is 8.39. The van der Waals surface area contributed by atoms with Crippen molar-refractivity contribution in [1.29, 1.82) is 5.26 Å². The molecule has 2 saturated heterocycles. The molecule has 2 atom stereocenters. The van der Waals surface area contributed by atoms with E-state index in [1.54, 1.807) is 29.3 Å². The molecule has 12 heteroatoms. The van der Waals surface area contributed by atoms with Gasteiger partial charge in [-0.2, -0.15) is 5.26 Å². The van der Waals surface area contributed by atoms with Crippen molar-refractivity contribution in [1.82, 2.24) is 14.8 Å². The Labute approximate surface area is 326 Å². The lowest BCUT2D eigenvalue weighted by molar-refractivity contribution is -0.142. The van der Waals surface area contributed by atoms with Crippen LogP contribution in [0, 0.1) is 18.3 Å². The van der Waals surface area contributed by atoms with Crippen molar-refractivity contribution >= 4 is 23.3 Å². The van der Waals surface area contributed by atoms with Crippen molar-refractivity contribution in [3.05, 3.63) is 105 Å². The lowest BCUT2D eigenvalue weighted by Gasteiger charge is -2.29. The maximum atomic E-state index is 13.6. The summed E-state index contributed by atoms with van der Waals surface area (Å²) in [7, 11) is 0. The Kier molecular flexibility index (Phi) is 12.2. The maximum Gasteiger partial charge on any atom is 0.321 e. The Morgan fingerprint density at radius 2 is 1.78 bits per heavy atom. The third-order valence-electron chi connectivity index (χ3n) is 11.1. The van der Waals surface area contributed by atoms with E-state index in [0.29, 0.717) is 46.1 Å². The number of aliphatic carboxylic acids is 1. The highest BCUT2D eigenvalue weighted by Gasteiger charge is 2.36. The van der Waals surface area contributed by atoms with E-state index in [4.69, 9.17) is 21.1 Å². The summed E-state index contributed by atoms with van der Waals surface area (Å²) >= 11 is 6.83. The largest absolute Gasteiger partial charge is 0.488 e. The van der Waals surface area contributed by atoms with E-state index in [1.165, 1.54) is 23.0 Å². The van der Waals surface area contributed by atoms with Crippen LogP contribution < -0.4 is 14.4 Å². The number of halogens is 2. The number of rotatable bonds is 14. The minimum Gasteiger partial charge on any atom is -0.488 e. The van der Waals surface area contributed by atoms with Gasteiger partial charge in [0.25, 0.3) is 0 Å². The van der Waals surface area contributed by atoms with Gasteiger partial charge in [-0.3, -0.25) is 14.7 Å². The average Bonchev–Trinajstić information content (AvgIpc) is 3.78. The fourth-order valence-electron chi connectivity index (χ4n) is 8.15. The zero-order chi connectivity index (χ0) is 38.5. The molecule has 0 unspecified atom stereocenters. The van der Waals surface area contributed by atoms with Gasteiger partial charge in [-0.1, -0.05) is 41.9 Å². The molecule has 3 aromatic carbocycles. The number of aliphatic hydroxyl groups is 1. The van der Waals surface area contributed by atoms with Crippen LogP contribution in [0.2, 0.25) is 5.02 Å². The van der Waals surface area contributed by atoms with Gasteiger partial charge in [0.15, 0.2) is 0 Å². The first kappa shape index (κ1) is 38.5. The highest BCUT2D eigenvalue weighted by molar-refractivity contribution is 6.32. The Balaban J connectivity index is 1.08. The van der Waals surface area contributed by atoms with E-state index in [9.17, 15) is 24.7 Å². The van der Waals surface area contributed by atoms with Gasteiger partial charge in [-0.05, 0) is 85.2 Å². The van der Waals surface area contributed by atoms with Crippen molar-refractivity contribution in [3.63, 3.8) is 0 Å².